The Kier molecular flexibility index (Phi) is 5.30. The number of benzene rings is 1. The second-order valence-electron chi connectivity index (χ2n) is 3.29. The number of methoxy groups -OCH3 is 1. The first kappa shape index (κ1) is 13.9. The zero-order chi connectivity index (χ0) is 12.8. The van der Waals surface area contributed by atoms with E-state index in [9.17, 15) is 4.79 Å². The van der Waals surface area contributed by atoms with Gasteiger partial charge < -0.3 is 10.5 Å². The lowest BCUT2D eigenvalue weighted by molar-refractivity contribution is -0.142. The molecule has 0 saturated heterocycles. The summed E-state index contributed by atoms with van der Waals surface area (Å²) in [6.07, 6.45) is 0.219. The van der Waals surface area contributed by atoms with E-state index in [1.54, 1.807) is 18.2 Å². The molecular formula is C12H11Cl2NO2. The Balaban J connectivity index is 2.69. The summed E-state index contributed by atoms with van der Waals surface area (Å²) in [6.45, 7) is 0. The van der Waals surface area contributed by atoms with Gasteiger partial charge in [-0.2, -0.15) is 0 Å². The number of ether oxygens (including phenoxy) is 1. The van der Waals surface area contributed by atoms with E-state index in [0.717, 1.165) is 0 Å². The second kappa shape index (κ2) is 6.51. The molecule has 17 heavy (non-hydrogen) atoms. The molecule has 0 saturated carbocycles. The largest absolute Gasteiger partial charge is 0.468 e. The summed E-state index contributed by atoms with van der Waals surface area (Å²) in [5, 5.41) is 1.03. The molecule has 1 aromatic carbocycles. The van der Waals surface area contributed by atoms with Crippen LogP contribution < -0.4 is 5.73 Å². The predicted octanol–water partition coefficient (Wildman–Crippen LogP) is 2.24. The van der Waals surface area contributed by atoms with Crippen LogP contribution in [0.4, 0.5) is 0 Å². The number of nitrogens with two attached hydrogens (primary N) is 1. The number of hydrogen-bond acceptors (Lipinski definition) is 3. The van der Waals surface area contributed by atoms with Crippen molar-refractivity contribution in [1.82, 2.24) is 0 Å². The molecule has 1 aromatic rings. The van der Waals surface area contributed by atoms with Crippen molar-refractivity contribution < 1.29 is 9.53 Å². The Morgan fingerprint density at radius 1 is 1.41 bits per heavy atom. The normalized spacial score (nSPS) is 11.3. The monoisotopic (exact) mass is 271 g/mol. The molecule has 0 amide bonds. The van der Waals surface area contributed by atoms with Gasteiger partial charge in [-0.1, -0.05) is 35.0 Å². The predicted molar refractivity (Wildman–Crippen MR) is 67.9 cm³/mol. The van der Waals surface area contributed by atoms with Crippen molar-refractivity contribution in [2.75, 3.05) is 7.11 Å². The van der Waals surface area contributed by atoms with Crippen LogP contribution in [0.5, 0.6) is 0 Å². The van der Waals surface area contributed by atoms with Crippen LogP contribution in [0, 0.1) is 11.8 Å². The van der Waals surface area contributed by atoms with Crippen LogP contribution in [-0.2, 0) is 9.53 Å². The van der Waals surface area contributed by atoms with Crippen LogP contribution in [0.1, 0.15) is 12.0 Å². The smallest absolute Gasteiger partial charge is 0.323 e. The van der Waals surface area contributed by atoms with Gasteiger partial charge in [0.05, 0.1) is 7.11 Å². The Hall–Kier alpha value is -1.21. The Labute approximate surface area is 110 Å². The van der Waals surface area contributed by atoms with Gasteiger partial charge in [-0.15, -0.1) is 0 Å². The van der Waals surface area contributed by atoms with E-state index >= 15 is 0 Å². The molecule has 0 aromatic heterocycles. The summed E-state index contributed by atoms with van der Waals surface area (Å²) in [4.78, 5) is 11.0. The van der Waals surface area contributed by atoms with Crippen molar-refractivity contribution in [2.24, 2.45) is 5.73 Å². The first-order chi connectivity index (χ1) is 8.02. The van der Waals surface area contributed by atoms with Gasteiger partial charge in [0.25, 0.3) is 0 Å². The highest BCUT2D eigenvalue weighted by Crippen LogP contribution is 2.18. The van der Waals surface area contributed by atoms with E-state index in [2.05, 4.69) is 16.6 Å². The summed E-state index contributed by atoms with van der Waals surface area (Å²) in [5.74, 6) is 5.12. The van der Waals surface area contributed by atoms with Crippen LogP contribution in [-0.4, -0.2) is 19.1 Å². The molecule has 0 radical (unpaired) electrons. The van der Waals surface area contributed by atoms with E-state index < -0.39 is 12.0 Å². The second-order valence-corrected chi connectivity index (χ2v) is 4.17. The minimum atomic E-state index is -0.734. The molecular weight excluding hydrogens is 261 g/mol. The molecule has 5 heteroatoms. The highest BCUT2D eigenvalue weighted by molar-refractivity contribution is 6.34. The van der Waals surface area contributed by atoms with E-state index in [1.165, 1.54) is 7.11 Å². The summed E-state index contributed by atoms with van der Waals surface area (Å²) in [6, 6.07) is 4.25. The van der Waals surface area contributed by atoms with Crippen LogP contribution in [0.2, 0.25) is 10.0 Å². The van der Waals surface area contributed by atoms with Crippen molar-refractivity contribution in [3.63, 3.8) is 0 Å². The fourth-order valence-electron chi connectivity index (χ4n) is 1.12. The molecule has 0 bridgehead atoms. The van der Waals surface area contributed by atoms with Gasteiger partial charge in [-0.3, -0.25) is 4.79 Å². The molecule has 0 aliphatic rings. The number of rotatable bonds is 2. The third-order valence-electron chi connectivity index (χ3n) is 1.92. The van der Waals surface area contributed by atoms with Gasteiger partial charge in [0.2, 0.25) is 0 Å². The van der Waals surface area contributed by atoms with Crippen LogP contribution >= 0.6 is 23.2 Å². The Morgan fingerprint density at radius 2 is 2.00 bits per heavy atom. The number of carbonyl (C=O) groups excluding carboxylic acids is 1. The van der Waals surface area contributed by atoms with Crippen LogP contribution in [0.15, 0.2) is 18.2 Å². The van der Waals surface area contributed by atoms with Crippen LogP contribution in [0.25, 0.3) is 0 Å². The lowest BCUT2D eigenvalue weighted by atomic mass is 10.2. The molecule has 1 rings (SSSR count). The first-order valence-electron chi connectivity index (χ1n) is 4.81. The first-order valence-corrected chi connectivity index (χ1v) is 5.57. The molecule has 0 aliphatic carbocycles. The Bertz CT molecular complexity index is 457. The number of halogens is 2. The summed E-state index contributed by atoms with van der Waals surface area (Å²) in [5.41, 5.74) is 6.20. The minimum absolute atomic E-state index is 0.219. The van der Waals surface area contributed by atoms with E-state index in [-0.39, 0.29) is 6.42 Å². The van der Waals surface area contributed by atoms with E-state index in [1.807, 2.05) is 0 Å². The maximum Gasteiger partial charge on any atom is 0.323 e. The number of carbonyl (C=O) groups is 1. The number of esters is 1. The van der Waals surface area contributed by atoms with Gasteiger partial charge in [0.15, 0.2) is 0 Å². The van der Waals surface area contributed by atoms with Crippen molar-refractivity contribution in [3.05, 3.63) is 33.8 Å². The highest BCUT2D eigenvalue weighted by atomic mass is 35.5. The van der Waals surface area contributed by atoms with Gasteiger partial charge in [0.1, 0.15) is 6.04 Å². The van der Waals surface area contributed by atoms with Crippen molar-refractivity contribution >= 4 is 29.2 Å². The average molecular weight is 272 g/mol. The number of hydrogen-bond donors (Lipinski definition) is 1. The standard InChI is InChI=1S/C12H11Cl2NO2/c1-17-12(16)11(15)4-2-3-8-5-9(13)7-10(14)6-8/h5-7,11H,4,15H2,1H3/t11-/m0/s1. The molecule has 0 unspecified atom stereocenters. The minimum Gasteiger partial charge on any atom is -0.468 e. The van der Waals surface area contributed by atoms with Gasteiger partial charge >= 0.3 is 5.97 Å². The lowest BCUT2D eigenvalue weighted by Gasteiger charge is -2.03. The van der Waals surface area contributed by atoms with Crippen molar-refractivity contribution in [3.8, 4) is 11.8 Å². The third kappa shape index (κ3) is 4.66. The molecule has 0 heterocycles. The van der Waals surface area contributed by atoms with Gasteiger partial charge in [0, 0.05) is 22.0 Å². The fourth-order valence-corrected chi connectivity index (χ4v) is 1.65. The molecule has 90 valence electrons. The molecule has 3 nitrogen and oxygen atoms in total. The van der Waals surface area contributed by atoms with Crippen molar-refractivity contribution in [1.29, 1.82) is 0 Å². The van der Waals surface area contributed by atoms with Gasteiger partial charge in [-0.25, -0.2) is 0 Å². The average Bonchev–Trinajstić information content (AvgIpc) is 2.26. The molecule has 1 atom stereocenters. The van der Waals surface area contributed by atoms with E-state index in [0.29, 0.717) is 15.6 Å². The lowest BCUT2D eigenvalue weighted by Crippen LogP contribution is -2.30. The molecule has 0 aliphatic heterocycles. The fraction of sp³-hybridized carbons (Fsp3) is 0.250. The van der Waals surface area contributed by atoms with Gasteiger partial charge in [-0.05, 0) is 18.2 Å². The maximum atomic E-state index is 11.0. The maximum absolute atomic E-state index is 11.0. The Morgan fingerprint density at radius 3 is 2.53 bits per heavy atom. The summed E-state index contributed by atoms with van der Waals surface area (Å²) >= 11 is 11.6. The zero-order valence-corrected chi connectivity index (χ0v) is 10.7. The quantitative estimate of drug-likeness (QED) is 0.663. The molecule has 0 spiro atoms. The SMILES string of the molecule is COC(=O)[C@@H](N)CC#Cc1cc(Cl)cc(Cl)c1. The summed E-state index contributed by atoms with van der Waals surface area (Å²) in [7, 11) is 1.28. The highest BCUT2D eigenvalue weighted by Gasteiger charge is 2.10. The summed E-state index contributed by atoms with van der Waals surface area (Å²) < 4.78 is 4.48. The van der Waals surface area contributed by atoms with Crippen LogP contribution in [0.3, 0.4) is 0 Å². The molecule has 2 N–H and O–H groups in total. The third-order valence-corrected chi connectivity index (χ3v) is 2.36. The topological polar surface area (TPSA) is 52.3 Å². The zero-order valence-electron chi connectivity index (χ0n) is 9.17. The van der Waals surface area contributed by atoms with Crippen molar-refractivity contribution in [2.45, 2.75) is 12.5 Å². The molecule has 0 fully saturated rings. The van der Waals surface area contributed by atoms with E-state index in [4.69, 9.17) is 28.9 Å².